The van der Waals surface area contributed by atoms with Crippen LogP contribution in [0.5, 0.6) is 0 Å². The molecule has 0 saturated heterocycles. The van der Waals surface area contributed by atoms with E-state index in [-0.39, 0.29) is 17.2 Å². The number of carbonyl (C=O) groups is 3. The van der Waals surface area contributed by atoms with Crippen LogP contribution in [0.2, 0.25) is 0 Å². The van der Waals surface area contributed by atoms with Crippen molar-refractivity contribution in [2.24, 2.45) is 0 Å². The number of amides is 3. The number of halogens is 1. The molecule has 0 saturated carbocycles. The van der Waals surface area contributed by atoms with Crippen molar-refractivity contribution in [1.82, 2.24) is 10.6 Å². The second-order valence-corrected chi connectivity index (χ2v) is 5.13. The number of hydrogen-bond acceptors (Lipinski definition) is 3. The summed E-state index contributed by atoms with van der Waals surface area (Å²) in [6, 6.07) is 3.01. The lowest BCUT2D eigenvalue weighted by molar-refractivity contribution is -0.122. The van der Waals surface area contributed by atoms with E-state index in [4.69, 9.17) is 5.11 Å². The number of hydrogen-bond donors (Lipinski definition) is 4. The number of carbonyl (C=O) groups excluding carboxylic acids is 2. The van der Waals surface area contributed by atoms with Crippen LogP contribution in [0, 0.1) is 0 Å². The fourth-order valence-corrected chi connectivity index (χ4v) is 1.92. The number of anilines is 1. The monoisotopic (exact) mass is 357 g/mol. The minimum Gasteiger partial charge on any atom is -0.478 e. The van der Waals surface area contributed by atoms with Gasteiger partial charge in [0.2, 0.25) is 5.91 Å². The summed E-state index contributed by atoms with van der Waals surface area (Å²) in [5.74, 6) is -1.48. The summed E-state index contributed by atoms with van der Waals surface area (Å²) in [5, 5.41) is 16.5. The van der Waals surface area contributed by atoms with Gasteiger partial charge in [0.05, 0.1) is 11.3 Å². The SMILES string of the molecule is CCNC(=O)C(C)NC(=O)Nc1cc(Br)ccc1C(=O)O. The Morgan fingerprint density at radius 1 is 1.33 bits per heavy atom. The molecule has 3 amide bonds. The molecule has 0 aromatic heterocycles. The molecule has 0 aliphatic heterocycles. The average Bonchev–Trinajstić information content (AvgIpc) is 2.38. The van der Waals surface area contributed by atoms with E-state index < -0.39 is 18.0 Å². The first kappa shape index (κ1) is 17.0. The van der Waals surface area contributed by atoms with E-state index in [0.717, 1.165) is 0 Å². The van der Waals surface area contributed by atoms with E-state index in [1.165, 1.54) is 19.1 Å². The summed E-state index contributed by atoms with van der Waals surface area (Å²) >= 11 is 3.20. The number of carboxylic acid groups (broad SMARTS) is 1. The third kappa shape index (κ3) is 5.07. The second kappa shape index (κ2) is 7.63. The number of rotatable bonds is 5. The van der Waals surface area contributed by atoms with Crippen molar-refractivity contribution in [3.05, 3.63) is 28.2 Å². The van der Waals surface area contributed by atoms with Gasteiger partial charge in [-0.05, 0) is 32.0 Å². The Kier molecular flexibility index (Phi) is 6.16. The first-order valence-corrected chi connectivity index (χ1v) is 7.02. The second-order valence-electron chi connectivity index (χ2n) is 4.21. The van der Waals surface area contributed by atoms with Gasteiger partial charge in [-0.3, -0.25) is 4.79 Å². The van der Waals surface area contributed by atoms with Gasteiger partial charge in [0, 0.05) is 11.0 Å². The van der Waals surface area contributed by atoms with Gasteiger partial charge >= 0.3 is 12.0 Å². The van der Waals surface area contributed by atoms with Crippen LogP contribution < -0.4 is 16.0 Å². The molecular formula is C13H16BrN3O4. The highest BCUT2D eigenvalue weighted by Crippen LogP contribution is 2.21. The molecule has 0 aliphatic carbocycles. The van der Waals surface area contributed by atoms with Crippen LogP contribution in [-0.2, 0) is 4.79 Å². The van der Waals surface area contributed by atoms with Crippen molar-refractivity contribution < 1.29 is 19.5 Å². The molecule has 21 heavy (non-hydrogen) atoms. The zero-order valence-electron chi connectivity index (χ0n) is 11.6. The quantitative estimate of drug-likeness (QED) is 0.644. The van der Waals surface area contributed by atoms with Gasteiger partial charge in [0.1, 0.15) is 6.04 Å². The van der Waals surface area contributed by atoms with Crippen LogP contribution in [0.1, 0.15) is 24.2 Å². The molecule has 0 aliphatic rings. The van der Waals surface area contributed by atoms with Crippen LogP contribution >= 0.6 is 15.9 Å². The summed E-state index contributed by atoms with van der Waals surface area (Å²) in [7, 11) is 0. The molecule has 0 bridgehead atoms. The summed E-state index contributed by atoms with van der Waals surface area (Å²) in [5.41, 5.74) is 0.0940. The number of urea groups is 1. The van der Waals surface area contributed by atoms with Gasteiger partial charge in [-0.1, -0.05) is 15.9 Å². The van der Waals surface area contributed by atoms with Crippen molar-refractivity contribution in [1.29, 1.82) is 0 Å². The molecule has 0 fully saturated rings. The first-order chi connectivity index (χ1) is 9.85. The lowest BCUT2D eigenvalue weighted by Crippen LogP contribution is -2.46. The third-order valence-corrected chi connectivity index (χ3v) is 3.05. The van der Waals surface area contributed by atoms with Crippen LogP contribution in [0.4, 0.5) is 10.5 Å². The van der Waals surface area contributed by atoms with E-state index in [1.54, 1.807) is 13.0 Å². The topological polar surface area (TPSA) is 108 Å². The molecule has 1 unspecified atom stereocenters. The highest BCUT2D eigenvalue weighted by Gasteiger charge is 2.17. The number of likely N-dealkylation sites (N-methyl/N-ethyl adjacent to an activating group) is 1. The number of nitrogens with one attached hydrogen (secondary N) is 3. The van der Waals surface area contributed by atoms with Crippen molar-refractivity contribution in [2.75, 3.05) is 11.9 Å². The minimum absolute atomic E-state index is 0.0426. The Bertz CT molecular complexity index is 562. The first-order valence-electron chi connectivity index (χ1n) is 6.23. The summed E-state index contributed by atoms with van der Waals surface area (Å²) in [6.45, 7) is 3.76. The van der Waals surface area contributed by atoms with Crippen LogP contribution in [0.25, 0.3) is 0 Å². The fourth-order valence-electron chi connectivity index (χ4n) is 1.55. The summed E-state index contributed by atoms with van der Waals surface area (Å²) in [6.07, 6.45) is 0. The molecule has 1 aromatic carbocycles. The molecule has 114 valence electrons. The molecule has 0 radical (unpaired) electrons. The van der Waals surface area contributed by atoms with Crippen LogP contribution in [0.15, 0.2) is 22.7 Å². The zero-order valence-corrected chi connectivity index (χ0v) is 13.2. The maximum atomic E-state index is 11.8. The molecule has 1 aromatic rings. The smallest absolute Gasteiger partial charge is 0.337 e. The maximum absolute atomic E-state index is 11.8. The molecular weight excluding hydrogens is 342 g/mol. The van der Waals surface area contributed by atoms with E-state index in [9.17, 15) is 14.4 Å². The van der Waals surface area contributed by atoms with Crippen LogP contribution in [-0.4, -0.2) is 35.6 Å². The Morgan fingerprint density at radius 2 is 2.00 bits per heavy atom. The average molecular weight is 358 g/mol. The summed E-state index contributed by atoms with van der Waals surface area (Å²) in [4.78, 5) is 34.4. The maximum Gasteiger partial charge on any atom is 0.337 e. The van der Waals surface area contributed by atoms with E-state index in [1.807, 2.05) is 0 Å². The Labute approximate surface area is 130 Å². The zero-order chi connectivity index (χ0) is 16.0. The van der Waals surface area contributed by atoms with Gasteiger partial charge in [0.15, 0.2) is 0 Å². The van der Waals surface area contributed by atoms with E-state index in [2.05, 4.69) is 31.9 Å². The predicted octanol–water partition coefficient (Wildman–Crippen LogP) is 1.79. The normalized spacial score (nSPS) is 11.4. The van der Waals surface area contributed by atoms with Gasteiger partial charge in [-0.2, -0.15) is 0 Å². The predicted molar refractivity (Wildman–Crippen MR) is 81.4 cm³/mol. The lowest BCUT2D eigenvalue weighted by Gasteiger charge is -2.15. The van der Waals surface area contributed by atoms with Crippen molar-refractivity contribution in [3.8, 4) is 0 Å². The van der Waals surface area contributed by atoms with E-state index >= 15 is 0 Å². The molecule has 7 nitrogen and oxygen atoms in total. The van der Waals surface area contributed by atoms with Crippen molar-refractivity contribution in [3.63, 3.8) is 0 Å². The highest BCUT2D eigenvalue weighted by atomic mass is 79.9. The van der Waals surface area contributed by atoms with Gasteiger partial charge in [-0.15, -0.1) is 0 Å². The van der Waals surface area contributed by atoms with Gasteiger partial charge in [-0.25, -0.2) is 9.59 Å². The number of aromatic carboxylic acids is 1. The molecule has 0 spiro atoms. The highest BCUT2D eigenvalue weighted by molar-refractivity contribution is 9.10. The van der Waals surface area contributed by atoms with Gasteiger partial charge in [0.25, 0.3) is 0 Å². The van der Waals surface area contributed by atoms with E-state index in [0.29, 0.717) is 11.0 Å². The number of benzene rings is 1. The largest absolute Gasteiger partial charge is 0.478 e. The third-order valence-electron chi connectivity index (χ3n) is 2.55. The van der Waals surface area contributed by atoms with Crippen molar-refractivity contribution >= 4 is 39.5 Å². The molecule has 4 N–H and O–H groups in total. The summed E-state index contributed by atoms with van der Waals surface area (Å²) < 4.78 is 0.625. The lowest BCUT2D eigenvalue weighted by atomic mass is 10.2. The molecule has 0 heterocycles. The molecule has 1 atom stereocenters. The van der Waals surface area contributed by atoms with Crippen LogP contribution in [0.3, 0.4) is 0 Å². The van der Waals surface area contributed by atoms with Gasteiger partial charge < -0.3 is 21.1 Å². The molecule has 8 heteroatoms. The molecule has 1 rings (SSSR count). The Balaban J connectivity index is 2.77. The van der Waals surface area contributed by atoms with Crippen molar-refractivity contribution in [2.45, 2.75) is 19.9 Å². The standard InChI is InChI=1S/C13H16BrN3O4/c1-3-15-11(18)7(2)16-13(21)17-10-6-8(14)4-5-9(10)12(19)20/h4-7H,3H2,1-2H3,(H,15,18)(H,19,20)(H2,16,17,21). The minimum atomic E-state index is -1.16. The fraction of sp³-hybridized carbons (Fsp3) is 0.308. The Hall–Kier alpha value is -2.09. The Morgan fingerprint density at radius 3 is 2.57 bits per heavy atom. The number of carboxylic acids is 1.